The van der Waals surface area contributed by atoms with Crippen molar-refractivity contribution in [3.8, 4) is 0 Å². The smallest absolute Gasteiger partial charge is 0.0166 e. The first-order valence-electron chi connectivity index (χ1n) is 5.49. The molecule has 13 heavy (non-hydrogen) atoms. The van der Waals surface area contributed by atoms with Crippen molar-refractivity contribution in [3.05, 3.63) is 0 Å². The Morgan fingerprint density at radius 1 is 1.38 bits per heavy atom. The Labute approximate surface area is 82.5 Å². The zero-order valence-electron chi connectivity index (χ0n) is 9.34. The molecule has 1 saturated carbocycles. The molecule has 0 amide bonds. The summed E-state index contributed by atoms with van der Waals surface area (Å²) < 4.78 is 0. The number of hydrogen-bond acceptors (Lipinski definition) is 2. The maximum atomic E-state index is 6.16. The Morgan fingerprint density at radius 2 is 2.00 bits per heavy atom. The Hall–Kier alpha value is -0.0800. The quantitative estimate of drug-likeness (QED) is 0.706. The molecule has 0 radical (unpaired) electrons. The Bertz CT molecular complexity index is 150. The van der Waals surface area contributed by atoms with Gasteiger partial charge < -0.3 is 10.6 Å². The lowest BCUT2D eigenvalue weighted by atomic mass is 9.75. The summed E-state index contributed by atoms with van der Waals surface area (Å²) in [6, 6.07) is 0. The summed E-state index contributed by atoms with van der Waals surface area (Å²) in [5.41, 5.74) is 6.35. The van der Waals surface area contributed by atoms with Crippen molar-refractivity contribution in [2.75, 3.05) is 20.1 Å². The summed E-state index contributed by atoms with van der Waals surface area (Å²) in [5.74, 6) is 0.764. The Kier molecular flexibility index (Phi) is 3.74. The third-order valence-electron chi connectivity index (χ3n) is 3.02. The van der Waals surface area contributed by atoms with E-state index in [1.54, 1.807) is 0 Å². The zero-order valence-corrected chi connectivity index (χ0v) is 9.34. The highest BCUT2D eigenvalue weighted by atomic mass is 15.1. The summed E-state index contributed by atoms with van der Waals surface area (Å²) in [6.07, 6.45) is 4.99. The summed E-state index contributed by atoms with van der Waals surface area (Å²) in [7, 11) is 2.20. The van der Waals surface area contributed by atoms with Crippen molar-refractivity contribution in [2.24, 2.45) is 11.7 Å². The van der Waals surface area contributed by atoms with E-state index in [9.17, 15) is 0 Å². The highest BCUT2D eigenvalue weighted by Crippen LogP contribution is 2.32. The van der Waals surface area contributed by atoms with Gasteiger partial charge in [0.05, 0.1) is 0 Å². The van der Waals surface area contributed by atoms with Crippen molar-refractivity contribution in [3.63, 3.8) is 0 Å². The molecule has 0 atom stereocenters. The number of nitrogens with zero attached hydrogens (tertiary/aromatic N) is 1. The van der Waals surface area contributed by atoms with E-state index in [0.717, 1.165) is 12.5 Å². The van der Waals surface area contributed by atoms with Crippen molar-refractivity contribution in [1.82, 2.24) is 4.90 Å². The van der Waals surface area contributed by atoms with Crippen LogP contribution in [0.15, 0.2) is 0 Å². The van der Waals surface area contributed by atoms with Crippen molar-refractivity contribution >= 4 is 0 Å². The fraction of sp³-hybridized carbons (Fsp3) is 1.00. The molecule has 0 spiro atoms. The van der Waals surface area contributed by atoms with E-state index in [1.165, 1.54) is 32.2 Å². The van der Waals surface area contributed by atoms with Gasteiger partial charge in [-0.3, -0.25) is 0 Å². The lowest BCUT2D eigenvalue weighted by Gasteiger charge is -2.39. The van der Waals surface area contributed by atoms with Crippen LogP contribution in [0.3, 0.4) is 0 Å². The molecule has 0 aromatic heterocycles. The summed E-state index contributed by atoms with van der Waals surface area (Å²) in [4.78, 5) is 2.40. The molecule has 0 aliphatic heterocycles. The highest BCUT2D eigenvalue weighted by molar-refractivity contribution is 4.92. The molecule has 1 rings (SSSR count). The molecule has 0 unspecified atom stereocenters. The first-order chi connectivity index (χ1) is 6.02. The second kappa shape index (κ2) is 4.43. The minimum absolute atomic E-state index is 0.200. The van der Waals surface area contributed by atoms with Crippen LogP contribution in [-0.2, 0) is 0 Å². The molecule has 78 valence electrons. The van der Waals surface area contributed by atoms with Crippen LogP contribution in [0.25, 0.3) is 0 Å². The number of rotatable bonds is 5. The van der Waals surface area contributed by atoms with Crippen LogP contribution in [0.4, 0.5) is 0 Å². The zero-order chi connectivity index (χ0) is 9.90. The van der Waals surface area contributed by atoms with E-state index in [4.69, 9.17) is 5.73 Å². The van der Waals surface area contributed by atoms with Crippen molar-refractivity contribution in [2.45, 2.75) is 45.1 Å². The molecule has 0 bridgehead atoms. The maximum absolute atomic E-state index is 6.16. The van der Waals surface area contributed by atoms with Gasteiger partial charge in [-0.15, -0.1) is 0 Å². The van der Waals surface area contributed by atoms with Crippen LogP contribution in [-0.4, -0.2) is 30.6 Å². The van der Waals surface area contributed by atoms with Crippen LogP contribution in [0.1, 0.15) is 39.5 Å². The molecule has 2 heteroatoms. The molecule has 1 aliphatic carbocycles. The van der Waals surface area contributed by atoms with Gasteiger partial charge in [-0.2, -0.15) is 0 Å². The van der Waals surface area contributed by atoms with Crippen LogP contribution < -0.4 is 5.73 Å². The van der Waals surface area contributed by atoms with Gasteiger partial charge in [-0.1, -0.05) is 13.8 Å². The van der Waals surface area contributed by atoms with Crippen LogP contribution in [0.2, 0.25) is 0 Å². The fourth-order valence-electron chi connectivity index (χ4n) is 2.01. The summed E-state index contributed by atoms with van der Waals surface area (Å²) in [5, 5.41) is 0. The minimum atomic E-state index is 0.200. The van der Waals surface area contributed by atoms with Crippen molar-refractivity contribution in [1.29, 1.82) is 0 Å². The minimum Gasteiger partial charge on any atom is -0.325 e. The third kappa shape index (κ3) is 3.65. The van der Waals surface area contributed by atoms with Gasteiger partial charge >= 0.3 is 0 Å². The SMILES string of the molecule is CC(C)CN(C)CCC1(N)CCC1. The molecule has 2 nitrogen and oxygen atoms in total. The monoisotopic (exact) mass is 184 g/mol. The third-order valence-corrected chi connectivity index (χ3v) is 3.02. The topological polar surface area (TPSA) is 29.3 Å². The predicted molar refractivity (Wildman–Crippen MR) is 57.7 cm³/mol. The maximum Gasteiger partial charge on any atom is 0.0166 e. The van der Waals surface area contributed by atoms with Gasteiger partial charge in [0.25, 0.3) is 0 Å². The van der Waals surface area contributed by atoms with Crippen LogP contribution >= 0.6 is 0 Å². The van der Waals surface area contributed by atoms with E-state index in [0.29, 0.717) is 0 Å². The lowest BCUT2D eigenvalue weighted by molar-refractivity contribution is 0.189. The predicted octanol–water partition coefficient (Wildman–Crippen LogP) is 1.85. The van der Waals surface area contributed by atoms with Gasteiger partial charge in [0.15, 0.2) is 0 Å². The molecule has 0 aromatic carbocycles. The van der Waals surface area contributed by atoms with Crippen molar-refractivity contribution < 1.29 is 0 Å². The van der Waals surface area contributed by atoms with Crippen LogP contribution in [0.5, 0.6) is 0 Å². The van der Waals surface area contributed by atoms with E-state index in [1.807, 2.05) is 0 Å². The standard InChI is InChI=1S/C11H24N2/c1-10(2)9-13(3)8-7-11(12)5-4-6-11/h10H,4-9,12H2,1-3H3. The Morgan fingerprint density at radius 3 is 2.38 bits per heavy atom. The molecule has 0 saturated heterocycles. The summed E-state index contributed by atoms with van der Waals surface area (Å²) in [6.45, 7) is 6.88. The molecule has 0 aromatic rings. The molecular formula is C11H24N2. The average molecular weight is 184 g/mol. The molecule has 0 heterocycles. The molecule has 1 aliphatic rings. The van der Waals surface area contributed by atoms with E-state index < -0.39 is 0 Å². The van der Waals surface area contributed by atoms with E-state index in [2.05, 4.69) is 25.8 Å². The van der Waals surface area contributed by atoms with Gasteiger partial charge in [0.1, 0.15) is 0 Å². The lowest BCUT2D eigenvalue weighted by Crippen LogP contribution is -2.48. The molecule has 2 N–H and O–H groups in total. The first-order valence-corrected chi connectivity index (χ1v) is 5.49. The average Bonchev–Trinajstić information content (AvgIpc) is 1.96. The first kappa shape index (κ1) is 11.0. The van der Waals surface area contributed by atoms with Gasteiger partial charge in [0, 0.05) is 12.1 Å². The van der Waals surface area contributed by atoms with Gasteiger partial charge in [-0.05, 0) is 45.2 Å². The summed E-state index contributed by atoms with van der Waals surface area (Å²) >= 11 is 0. The fourth-order valence-corrected chi connectivity index (χ4v) is 2.01. The van der Waals surface area contributed by atoms with E-state index in [-0.39, 0.29) is 5.54 Å². The molecular weight excluding hydrogens is 160 g/mol. The second-order valence-corrected chi connectivity index (χ2v) is 5.12. The Balaban J connectivity index is 2.10. The largest absolute Gasteiger partial charge is 0.325 e. The normalized spacial score (nSPS) is 20.8. The van der Waals surface area contributed by atoms with Crippen LogP contribution in [0, 0.1) is 5.92 Å². The second-order valence-electron chi connectivity index (χ2n) is 5.12. The van der Waals surface area contributed by atoms with Gasteiger partial charge in [0.2, 0.25) is 0 Å². The van der Waals surface area contributed by atoms with E-state index >= 15 is 0 Å². The molecule has 1 fully saturated rings. The highest BCUT2D eigenvalue weighted by Gasteiger charge is 2.31. The van der Waals surface area contributed by atoms with Gasteiger partial charge in [-0.25, -0.2) is 0 Å². The number of nitrogens with two attached hydrogens (primary N) is 1. The number of hydrogen-bond donors (Lipinski definition) is 1.